The van der Waals surface area contributed by atoms with E-state index in [4.69, 9.17) is 22.1 Å². The quantitative estimate of drug-likeness (QED) is 0.748. The van der Waals surface area contributed by atoms with Crippen LogP contribution in [0, 0.1) is 0 Å². The van der Waals surface area contributed by atoms with Crippen molar-refractivity contribution < 1.29 is 4.74 Å². The largest absolute Gasteiger partial charge is 0.385 e. The van der Waals surface area contributed by atoms with Crippen molar-refractivity contribution in [3.8, 4) is 0 Å². The van der Waals surface area contributed by atoms with Gasteiger partial charge in [0.25, 0.3) is 0 Å². The lowest BCUT2D eigenvalue weighted by atomic mass is 9.86. The summed E-state index contributed by atoms with van der Waals surface area (Å²) in [5.74, 6) is 0.593. The molecule has 0 fully saturated rings. The van der Waals surface area contributed by atoms with Crippen LogP contribution in [0.25, 0.3) is 0 Å². The molecule has 84 valence electrons. The van der Waals surface area contributed by atoms with E-state index in [0.29, 0.717) is 12.4 Å². The van der Waals surface area contributed by atoms with E-state index < -0.39 is 5.72 Å². The number of ether oxygens (including phenoxy) is 1. The number of amidine groups is 1. The van der Waals surface area contributed by atoms with Crippen molar-refractivity contribution in [3.63, 3.8) is 0 Å². The molecule has 0 amide bonds. The number of aryl methyl sites for hydroxylation is 1. The van der Waals surface area contributed by atoms with E-state index in [-0.39, 0.29) is 0 Å². The second kappa shape index (κ2) is 3.47. The summed E-state index contributed by atoms with van der Waals surface area (Å²) in [6, 6.07) is 6.03. The van der Waals surface area contributed by atoms with Gasteiger partial charge in [0.05, 0.1) is 0 Å². The van der Waals surface area contributed by atoms with Crippen LogP contribution in [0.2, 0.25) is 5.02 Å². The zero-order chi connectivity index (χ0) is 11.2. The Hall–Kier alpha value is -1.06. The van der Waals surface area contributed by atoms with Gasteiger partial charge in [0.1, 0.15) is 12.4 Å². The predicted octanol–water partition coefficient (Wildman–Crippen LogP) is 1.91. The Morgan fingerprint density at radius 3 is 3.06 bits per heavy atom. The Labute approximate surface area is 99.3 Å². The molecule has 1 aliphatic carbocycles. The van der Waals surface area contributed by atoms with Crippen molar-refractivity contribution in [3.05, 3.63) is 34.3 Å². The molecule has 0 aromatic heterocycles. The van der Waals surface area contributed by atoms with Gasteiger partial charge in [-0.05, 0) is 23.6 Å². The van der Waals surface area contributed by atoms with Crippen LogP contribution in [-0.4, -0.2) is 18.2 Å². The molecule has 2 aliphatic rings. The molecule has 1 spiro atoms. The first-order chi connectivity index (χ1) is 7.69. The molecule has 0 bridgehead atoms. The monoisotopic (exact) mass is 236 g/mol. The van der Waals surface area contributed by atoms with Gasteiger partial charge in [-0.2, -0.15) is 0 Å². The normalized spacial score (nSPS) is 27.9. The molecule has 16 heavy (non-hydrogen) atoms. The molecule has 0 unspecified atom stereocenters. The molecule has 1 aliphatic heterocycles. The number of halogens is 1. The van der Waals surface area contributed by atoms with E-state index >= 15 is 0 Å². The number of benzene rings is 1. The summed E-state index contributed by atoms with van der Waals surface area (Å²) in [5.41, 5.74) is 7.72. The standard InChI is InChI=1S/C12H13ClN2O/c13-10-3-1-2-8-4-5-12(6-9(8)10)15-11(14)7-16-12/h1-3H,4-7H2,(H2,14,15)/t12-/m1/s1. The fourth-order valence-electron chi connectivity index (χ4n) is 2.48. The summed E-state index contributed by atoms with van der Waals surface area (Å²) in [6.45, 7) is 0.444. The van der Waals surface area contributed by atoms with Crippen LogP contribution < -0.4 is 5.73 Å². The van der Waals surface area contributed by atoms with E-state index in [1.165, 1.54) is 5.56 Å². The average molecular weight is 237 g/mol. The van der Waals surface area contributed by atoms with Crippen LogP contribution >= 0.6 is 11.6 Å². The molecule has 4 heteroatoms. The lowest BCUT2D eigenvalue weighted by Gasteiger charge is -2.31. The Balaban J connectivity index is 2.00. The van der Waals surface area contributed by atoms with Crippen LogP contribution in [0.4, 0.5) is 0 Å². The van der Waals surface area contributed by atoms with Crippen LogP contribution in [0.1, 0.15) is 17.5 Å². The molecule has 1 aromatic carbocycles. The van der Waals surface area contributed by atoms with Crippen molar-refractivity contribution >= 4 is 17.4 Å². The van der Waals surface area contributed by atoms with E-state index in [2.05, 4.69) is 11.1 Å². The van der Waals surface area contributed by atoms with Crippen molar-refractivity contribution in [1.82, 2.24) is 0 Å². The van der Waals surface area contributed by atoms with Crippen molar-refractivity contribution in [2.45, 2.75) is 25.0 Å². The maximum Gasteiger partial charge on any atom is 0.166 e. The lowest BCUT2D eigenvalue weighted by Crippen LogP contribution is -2.34. The Morgan fingerprint density at radius 2 is 2.31 bits per heavy atom. The van der Waals surface area contributed by atoms with E-state index in [9.17, 15) is 0 Å². The molecule has 0 saturated heterocycles. The van der Waals surface area contributed by atoms with Crippen LogP contribution in [-0.2, 0) is 17.6 Å². The summed E-state index contributed by atoms with van der Waals surface area (Å²) in [5, 5.41) is 0.806. The van der Waals surface area contributed by atoms with Gasteiger partial charge in [-0.3, -0.25) is 0 Å². The van der Waals surface area contributed by atoms with E-state index in [1.807, 2.05) is 12.1 Å². The second-order valence-electron chi connectivity index (χ2n) is 4.39. The number of fused-ring (bicyclic) bond motifs is 1. The van der Waals surface area contributed by atoms with Gasteiger partial charge < -0.3 is 10.5 Å². The van der Waals surface area contributed by atoms with Crippen LogP contribution in [0.15, 0.2) is 23.2 Å². The van der Waals surface area contributed by atoms with Crippen molar-refractivity contribution in [2.24, 2.45) is 10.7 Å². The van der Waals surface area contributed by atoms with Gasteiger partial charge in [-0.15, -0.1) is 0 Å². The first-order valence-electron chi connectivity index (χ1n) is 5.43. The minimum Gasteiger partial charge on any atom is -0.385 e. The third-order valence-electron chi connectivity index (χ3n) is 3.29. The lowest BCUT2D eigenvalue weighted by molar-refractivity contribution is -0.0109. The summed E-state index contributed by atoms with van der Waals surface area (Å²) in [6.07, 6.45) is 2.58. The zero-order valence-electron chi connectivity index (χ0n) is 8.87. The second-order valence-corrected chi connectivity index (χ2v) is 4.80. The maximum absolute atomic E-state index is 6.20. The first-order valence-corrected chi connectivity index (χ1v) is 5.81. The van der Waals surface area contributed by atoms with Gasteiger partial charge in [-0.25, -0.2) is 4.99 Å². The Bertz CT molecular complexity index is 472. The fraction of sp³-hybridized carbons (Fsp3) is 0.417. The molecular weight excluding hydrogens is 224 g/mol. The average Bonchev–Trinajstić information content (AvgIpc) is 2.62. The predicted molar refractivity (Wildman–Crippen MR) is 63.8 cm³/mol. The first kappa shape index (κ1) is 10.1. The topological polar surface area (TPSA) is 47.6 Å². The summed E-state index contributed by atoms with van der Waals surface area (Å²) in [4.78, 5) is 4.43. The summed E-state index contributed by atoms with van der Waals surface area (Å²) in [7, 11) is 0. The van der Waals surface area contributed by atoms with Crippen molar-refractivity contribution in [2.75, 3.05) is 6.61 Å². The molecule has 2 N–H and O–H groups in total. The van der Waals surface area contributed by atoms with E-state index in [0.717, 1.165) is 29.8 Å². The number of nitrogens with two attached hydrogens (primary N) is 1. The van der Waals surface area contributed by atoms with Crippen molar-refractivity contribution in [1.29, 1.82) is 0 Å². The highest BCUT2D eigenvalue weighted by Crippen LogP contribution is 2.37. The molecule has 1 heterocycles. The number of hydrogen-bond donors (Lipinski definition) is 1. The Kier molecular flexibility index (Phi) is 2.19. The molecule has 0 radical (unpaired) electrons. The molecule has 0 saturated carbocycles. The molecule has 3 rings (SSSR count). The number of rotatable bonds is 0. The SMILES string of the molecule is NC1=N[C@]2(CCc3cccc(Cl)c3C2)OC1. The van der Waals surface area contributed by atoms with Gasteiger partial charge >= 0.3 is 0 Å². The zero-order valence-corrected chi connectivity index (χ0v) is 9.63. The van der Waals surface area contributed by atoms with Crippen LogP contribution in [0.3, 0.4) is 0 Å². The molecular formula is C12H13ClN2O. The minimum absolute atomic E-state index is 0.442. The van der Waals surface area contributed by atoms with E-state index in [1.54, 1.807) is 0 Å². The molecule has 1 aromatic rings. The number of aliphatic imine (C=N–C) groups is 1. The van der Waals surface area contributed by atoms with Gasteiger partial charge in [0.2, 0.25) is 0 Å². The minimum atomic E-state index is -0.442. The highest BCUT2D eigenvalue weighted by atomic mass is 35.5. The summed E-state index contributed by atoms with van der Waals surface area (Å²) >= 11 is 6.20. The third-order valence-corrected chi connectivity index (χ3v) is 3.64. The van der Waals surface area contributed by atoms with Gasteiger partial charge in [-0.1, -0.05) is 23.7 Å². The molecule has 1 atom stereocenters. The highest BCUT2D eigenvalue weighted by Gasteiger charge is 2.39. The van der Waals surface area contributed by atoms with Crippen LogP contribution in [0.5, 0.6) is 0 Å². The number of hydrogen-bond acceptors (Lipinski definition) is 3. The fourth-order valence-corrected chi connectivity index (χ4v) is 2.74. The molecule has 3 nitrogen and oxygen atoms in total. The highest BCUT2D eigenvalue weighted by molar-refractivity contribution is 6.31. The smallest absolute Gasteiger partial charge is 0.166 e. The third kappa shape index (κ3) is 1.51. The maximum atomic E-state index is 6.20. The number of nitrogens with zero attached hydrogens (tertiary/aromatic N) is 1. The summed E-state index contributed by atoms with van der Waals surface area (Å²) < 4.78 is 5.72. The van der Waals surface area contributed by atoms with Gasteiger partial charge in [0, 0.05) is 17.9 Å². The van der Waals surface area contributed by atoms with Gasteiger partial charge in [0.15, 0.2) is 5.72 Å². The Morgan fingerprint density at radius 1 is 1.44 bits per heavy atom.